The third-order valence-corrected chi connectivity index (χ3v) is 9.15. The Morgan fingerprint density at radius 2 is 2.07 bits per heavy atom. The SMILES string of the molecule is CCOC(=O)C1=C(CN2CCN3C(=O)N(CC(C)(C)C(=O)O)C[C@]3(C)C2)NC(c2nccs2)=N[C@H]1c1cccc(F)c1Cl. The number of aliphatic carboxylic acids is 1. The van der Waals surface area contributed by atoms with Gasteiger partial charge in [-0.05, 0) is 33.8 Å². The molecule has 0 radical (unpaired) electrons. The first kappa shape index (κ1) is 30.9. The highest BCUT2D eigenvalue weighted by molar-refractivity contribution is 7.11. The molecule has 2 aromatic rings. The standard InChI is InChI=1S/C29H34ClFN6O5S/c1-5-42-25(38)20-19(33-23(24-32-9-12-43-24)34-22(20)17-7-6-8-18(31)21(17)30)13-35-10-11-37-27(41)36(16-29(37,4)15-35)14-28(2,3)26(39)40/h6-9,12,22H,5,10-11,13-16H2,1-4H3,(H,33,34)(H,39,40)/t22-,29-/m0/s1. The van der Waals surface area contributed by atoms with Crippen molar-refractivity contribution in [3.05, 3.63) is 62.5 Å². The van der Waals surface area contributed by atoms with E-state index in [1.807, 2.05) is 12.3 Å². The van der Waals surface area contributed by atoms with Crippen molar-refractivity contribution in [1.82, 2.24) is 25.0 Å². The zero-order chi connectivity index (χ0) is 31.1. The molecule has 0 bridgehead atoms. The number of amides is 2. The van der Waals surface area contributed by atoms with Gasteiger partial charge in [0.2, 0.25) is 0 Å². The van der Waals surface area contributed by atoms with Gasteiger partial charge in [-0.15, -0.1) is 11.3 Å². The van der Waals surface area contributed by atoms with Gasteiger partial charge in [0.1, 0.15) is 11.9 Å². The summed E-state index contributed by atoms with van der Waals surface area (Å²) in [6.07, 6.45) is 1.65. The van der Waals surface area contributed by atoms with E-state index in [0.717, 1.165) is 0 Å². The molecule has 2 N–H and O–H groups in total. The maximum Gasteiger partial charge on any atom is 0.338 e. The van der Waals surface area contributed by atoms with Gasteiger partial charge in [0.15, 0.2) is 10.8 Å². The number of aliphatic imine (C=N–C) groups is 1. The highest BCUT2D eigenvalue weighted by Crippen LogP contribution is 2.38. The number of carbonyl (C=O) groups excluding carboxylic acids is 2. The lowest BCUT2D eigenvalue weighted by Gasteiger charge is -2.44. The third kappa shape index (κ3) is 5.98. The summed E-state index contributed by atoms with van der Waals surface area (Å²) in [7, 11) is 0. The minimum absolute atomic E-state index is 0.0939. The number of amidine groups is 1. The van der Waals surface area contributed by atoms with Crippen LogP contribution >= 0.6 is 22.9 Å². The van der Waals surface area contributed by atoms with Crippen molar-refractivity contribution < 1.29 is 28.6 Å². The molecule has 5 rings (SSSR count). The number of fused-ring (bicyclic) bond motifs is 1. The van der Waals surface area contributed by atoms with Crippen LogP contribution in [-0.2, 0) is 14.3 Å². The molecule has 14 heteroatoms. The van der Waals surface area contributed by atoms with Crippen molar-refractivity contribution >= 4 is 46.7 Å². The number of rotatable bonds is 9. The molecule has 2 saturated heterocycles. The van der Waals surface area contributed by atoms with Crippen molar-refractivity contribution in [2.45, 2.75) is 39.3 Å². The first-order chi connectivity index (χ1) is 20.3. The fourth-order valence-electron chi connectivity index (χ4n) is 5.87. The van der Waals surface area contributed by atoms with Crippen LogP contribution in [0.3, 0.4) is 0 Å². The minimum Gasteiger partial charge on any atom is -0.481 e. The summed E-state index contributed by atoms with van der Waals surface area (Å²) >= 11 is 7.78. The van der Waals surface area contributed by atoms with Crippen LogP contribution in [0.15, 0.2) is 46.0 Å². The molecule has 4 heterocycles. The number of aromatic nitrogens is 1. The summed E-state index contributed by atoms with van der Waals surface area (Å²) in [5, 5.41) is 15.2. The maximum atomic E-state index is 14.6. The van der Waals surface area contributed by atoms with Crippen LogP contribution in [0.1, 0.15) is 44.3 Å². The molecule has 1 aromatic carbocycles. The zero-order valence-electron chi connectivity index (χ0n) is 24.4. The molecule has 43 heavy (non-hydrogen) atoms. The predicted molar refractivity (Wildman–Crippen MR) is 160 cm³/mol. The molecular weight excluding hydrogens is 599 g/mol. The van der Waals surface area contributed by atoms with Crippen LogP contribution in [0.2, 0.25) is 5.02 Å². The van der Waals surface area contributed by atoms with Crippen LogP contribution in [0.25, 0.3) is 0 Å². The summed E-state index contributed by atoms with van der Waals surface area (Å²) < 4.78 is 20.1. The third-order valence-electron chi connectivity index (χ3n) is 7.97. The van der Waals surface area contributed by atoms with Crippen LogP contribution in [0.4, 0.5) is 9.18 Å². The Balaban J connectivity index is 1.48. The largest absolute Gasteiger partial charge is 0.481 e. The van der Waals surface area contributed by atoms with E-state index in [9.17, 15) is 23.9 Å². The number of carbonyl (C=O) groups is 3. The average Bonchev–Trinajstić information content (AvgIpc) is 3.56. The van der Waals surface area contributed by atoms with Crippen molar-refractivity contribution in [2.75, 3.05) is 45.9 Å². The molecule has 11 nitrogen and oxygen atoms in total. The predicted octanol–water partition coefficient (Wildman–Crippen LogP) is 3.77. The van der Waals surface area contributed by atoms with Gasteiger partial charge in [-0.1, -0.05) is 23.7 Å². The molecule has 0 aliphatic carbocycles. The van der Waals surface area contributed by atoms with E-state index in [1.165, 1.54) is 23.5 Å². The average molecular weight is 633 g/mol. The number of esters is 1. The normalized spacial score (nSPS) is 22.8. The van der Waals surface area contributed by atoms with Gasteiger partial charge in [0.05, 0.1) is 28.2 Å². The van der Waals surface area contributed by atoms with E-state index >= 15 is 0 Å². The monoisotopic (exact) mass is 632 g/mol. The number of thiazole rings is 1. The van der Waals surface area contributed by atoms with Gasteiger partial charge < -0.3 is 25.0 Å². The van der Waals surface area contributed by atoms with Gasteiger partial charge in [0, 0.05) is 62.1 Å². The Hall–Kier alpha value is -3.55. The van der Waals surface area contributed by atoms with Crippen molar-refractivity contribution in [3.8, 4) is 0 Å². The first-order valence-corrected chi connectivity index (χ1v) is 15.2. The zero-order valence-corrected chi connectivity index (χ0v) is 26.0. The number of hydrogen-bond acceptors (Lipinski definition) is 9. The molecule has 0 spiro atoms. The summed E-state index contributed by atoms with van der Waals surface area (Å²) in [5.41, 5.74) is -0.609. The number of carboxylic acids is 1. The van der Waals surface area contributed by atoms with E-state index in [4.69, 9.17) is 21.3 Å². The van der Waals surface area contributed by atoms with Gasteiger partial charge >= 0.3 is 18.0 Å². The van der Waals surface area contributed by atoms with E-state index in [2.05, 4.69) is 15.2 Å². The van der Waals surface area contributed by atoms with Gasteiger partial charge in [-0.25, -0.2) is 19.0 Å². The topological polar surface area (TPSA) is 128 Å². The number of halogens is 2. The summed E-state index contributed by atoms with van der Waals surface area (Å²) in [6.45, 7) is 9.17. The summed E-state index contributed by atoms with van der Waals surface area (Å²) in [6, 6.07) is 3.28. The number of urea groups is 1. The second kappa shape index (κ2) is 11.9. The molecule has 2 atom stereocenters. The number of piperazine rings is 1. The molecular formula is C29H34ClFN6O5S. The number of benzene rings is 1. The fraction of sp³-hybridized carbons (Fsp3) is 0.483. The van der Waals surface area contributed by atoms with E-state index in [-0.39, 0.29) is 36.3 Å². The smallest absolute Gasteiger partial charge is 0.338 e. The van der Waals surface area contributed by atoms with E-state index in [1.54, 1.807) is 42.8 Å². The fourth-order valence-corrected chi connectivity index (χ4v) is 6.69. The van der Waals surface area contributed by atoms with Crippen molar-refractivity contribution in [3.63, 3.8) is 0 Å². The molecule has 1 aromatic heterocycles. The van der Waals surface area contributed by atoms with Gasteiger partial charge in [-0.3, -0.25) is 14.7 Å². The second-order valence-corrected chi connectivity index (χ2v) is 13.1. The van der Waals surface area contributed by atoms with Crippen molar-refractivity contribution in [1.29, 1.82) is 0 Å². The Morgan fingerprint density at radius 1 is 1.30 bits per heavy atom. The van der Waals surface area contributed by atoms with Crippen LogP contribution in [0, 0.1) is 11.2 Å². The van der Waals surface area contributed by atoms with Gasteiger partial charge in [0.25, 0.3) is 0 Å². The lowest BCUT2D eigenvalue weighted by atomic mass is 9.92. The maximum absolute atomic E-state index is 14.6. The van der Waals surface area contributed by atoms with Gasteiger partial charge in [-0.2, -0.15) is 0 Å². The lowest BCUT2D eigenvalue weighted by Crippen LogP contribution is -2.60. The van der Waals surface area contributed by atoms with Crippen LogP contribution < -0.4 is 5.32 Å². The highest BCUT2D eigenvalue weighted by atomic mass is 35.5. The molecule has 3 aliphatic heterocycles. The minimum atomic E-state index is -1.09. The molecule has 2 fully saturated rings. The Labute approximate surface area is 258 Å². The number of carboxylic acid groups (broad SMARTS) is 1. The Bertz CT molecular complexity index is 1500. The van der Waals surface area contributed by atoms with Crippen LogP contribution in [0.5, 0.6) is 0 Å². The molecule has 2 amide bonds. The summed E-state index contributed by atoms with van der Waals surface area (Å²) in [5.74, 6) is -1.77. The highest BCUT2D eigenvalue weighted by Gasteiger charge is 2.51. The van der Waals surface area contributed by atoms with E-state index < -0.39 is 34.8 Å². The second-order valence-electron chi connectivity index (χ2n) is 11.8. The molecule has 0 unspecified atom stereocenters. The lowest BCUT2D eigenvalue weighted by molar-refractivity contribution is -0.147. The molecule has 230 valence electrons. The van der Waals surface area contributed by atoms with Crippen LogP contribution in [-0.4, -0.2) is 100 Å². The molecule has 0 saturated carbocycles. The Kier molecular flexibility index (Phi) is 8.52. The van der Waals surface area contributed by atoms with E-state index in [0.29, 0.717) is 48.3 Å². The molecule has 3 aliphatic rings. The Morgan fingerprint density at radius 3 is 2.74 bits per heavy atom. The van der Waals surface area contributed by atoms with Crippen molar-refractivity contribution in [2.24, 2.45) is 10.4 Å². The number of nitrogens with zero attached hydrogens (tertiary/aromatic N) is 5. The number of ether oxygens (including phenoxy) is 1. The quantitative estimate of drug-likeness (QED) is 0.400. The first-order valence-electron chi connectivity index (χ1n) is 14.0. The summed E-state index contributed by atoms with van der Waals surface area (Å²) in [4.78, 5) is 53.2. The number of nitrogens with one attached hydrogen (secondary N) is 1. The number of hydrogen-bond donors (Lipinski definition) is 2.